The minimum atomic E-state index is -4.50. The summed E-state index contributed by atoms with van der Waals surface area (Å²) in [4.78, 5) is -0.457. The summed E-state index contributed by atoms with van der Waals surface area (Å²) in [5.74, 6) is 0.212. The van der Waals surface area contributed by atoms with Crippen molar-refractivity contribution in [2.75, 3.05) is 0 Å². The molecule has 0 saturated carbocycles. The van der Waals surface area contributed by atoms with Crippen molar-refractivity contribution in [1.29, 1.82) is 0 Å². The van der Waals surface area contributed by atoms with Crippen molar-refractivity contribution < 1.29 is 22.8 Å². The Morgan fingerprint density at radius 1 is 0.862 bits per heavy atom. The fourth-order valence-electron chi connectivity index (χ4n) is 3.31. The van der Waals surface area contributed by atoms with E-state index in [1.165, 1.54) is 63.5 Å². The van der Waals surface area contributed by atoms with E-state index in [2.05, 4.69) is 6.92 Å². The lowest BCUT2D eigenvalue weighted by molar-refractivity contribution is 0.438. The molecule has 5 nitrogen and oxygen atoms in total. The van der Waals surface area contributed by atoms with Crippen LogP contribution in [-0.2, 0) is 16.5 Å². The molecule has 0 unspecified atom stereocenters. The molecule has 2 aromatic carbocycles. The van der Waals surface area contributed by atoms with Gasteiger partial charge in [-0.25, -0.2) is 0 Å². The van der Waals surface area contributed by atoms with Crippen LogP contribution in [0.2, 0.25) is 0 Å². The van der Waals surface area contributed by atoms with Gasteiger partial charge in [-0.15, -0.1) is 0 Å². The number of ether oxygens (including phenoxy) is 1. The summed E-state index contributed by atoms with van der Waals surface area (Å²) in [6.45, 7) is 2.23. The highest BCUT2D eigenvalue weighted by molar-refractivity contribution is 7.86. The maximum atomic E-state index is 11.5. The van der Waals surface area contributed by atoms with Crippen molar-refractivity contribution in [1.82, 2.24) is 0 Å². The highest BCUT2D eigenvalue weighted by atomic mass is 32.2. The van der Waals surface area contributed by atoms with Gasteiger partial charge in [0.25, 0.3) is 10.1 Å². The molecule has 0 atom stereocenters. The number of unbranched alkanes of at least 4 members (excludes halogenated alkanes) is 8. The number of rotatable bonds is 13. The van der Waals surface area contributed by atoms with Crippen LogP contribution in [0.15, 0.2) is 47.4 Å². The number of aromatic hydroxyl groups is 1. The van der Waals surface area contributed by atoms with E-state index in [-0.39, 0.29) is 11.5 Å². The number of phenols is 1. The van der Waals surface area contributed by atoms with Gasteiger partial charge in [-0.3, -0.25) is 4.55 Å². The summed E-state index contributed by atoms with van der Waals surface area (Å²) < 4.78 is 38.1. The lowest BCUT2D eigenvalue weighted by atomic mass is 10.0. The van der Waals surface area contributed by atoms with Crippen LogP contribution >= 0.6 is 0 Å². The van der Waals surface area contributed by atoms with Crippen LogP contribution in [-0.4, -0.2) is 18.1 Å². The quantitative estimate of drug-likeness (QED) is 0.285. The van der Waals surface area contributed by atoms with E-state index >= 15 is 0 Å². The molecule has 0 saturated heterocycles. The summed E-state index contributed by atoms with van der Waals surface area (Å²) in [7, 11) is -4.50. The van der Waals surface area contributed by atoms with Gasteiger partial charge < -0.3 is 9.84 Å². The molecule has 0 aliphatic heterocycles. The molecule has 0 spiro atoms. The Kier molecular flexibility index (Phi) is 9.48. The Bertz CT molecular complexity index is 861. The fourth-order valence-corrected chi connectivity index (χ4v) is 3.95. The summed E-state index contributed by atoms with van der Waals surface area (Å²) in [5, 5.41) is 9.49. The number of benzene rings is 2. The van der Waals surface area contributed by atoms with E-state index in [1.54, 1.807) is 6.07 Å². The van der Waals surface area contributed by atoms with Gasteiger partial charge in [0.05, 0.1) is 0 Å². The van der Waals surface area contributed by atoms with Gasteiger partial charge in [0.2, 0.25) is 0 Å². The van der Waals surface area contributed by atoms with Gasteiger partial charge in [-0.2, -0.15) is 8.42 Å². The number of aryl methyl sites for hydroxylation is 1. The first-order valence-electron chi connectivity index (χ1n) is 10.5. The molecule has 0 heterocycles. The third-order valence-corrected chi connectivity index (χ3v) is 5.78. The van der Waals surface area contributed by atoms with Crippen LogP contribution in [0.1, 0.15) is 70.3 Å². The molecule has 0 aromatic heterocycles. The summed E-state index contributed by atoms with van der Waals surface area (Å²) in [6.07, 6.45) is 12.4. The third kappa shape index (κ3) is 8.46. The average molecular weight is 421 g/mol. The topological polar surface area (TPSA) is 83.8 Å². The largest absolute Gasteiger partial charge is 0.508 e. The molecule has 6 heteroatoms. The van der Waals surface area contributed by atoms with Crippen LogP contribution in [0.3, 0.4) is 0 Å². The highest BCUT2D eigenvalue weighted by Gasteiger charge is 2.18. The second-order valence-corrected chi connectivity index (χ2v) is 8.82. The average Bonchev–Trinajstić information content (AvgIpc) is 2.68. The Balaban J connectivity index is 1.85. The predicted octanol–water partition coefficient (Wildman–Crippen LogP) is 6.50. The lowest BCUT2D eigenvalue weighted by Gasteiger charge is -2.11. The molecule has 0 fully saturated rings. The molecular weight excluding hydrogens is 388 g/mol. The maximum absolute atomic E-state index is 11.5. The number of hydrogen-bond acceptors (Lipinski definition) is 4. The predicted molar refractivity (Wildman–Crippen MR) is 115 cm³/mol. The molecule has 2 rings (SSSR count). The van der Waals surface area contributed by atoms with Gasteiger partial charge in [-0.1, -0.05) is 70.4 Å². The summed E-state index contributed by atoms with van der Waals surface area (Å²) >= 11 is 0. The van der Waals surface area contributed by atoms with E-state index in [9.17, 15) is 18.1 Å². The molecule has 160 valence electrons. The zero-order valence-corrected chi connectivity index (χ0v) is 18.0. The van der Waals surface area contributed by atoms with Gasteiger partial charge >= 0.3 is 0 Å². The fraction of sp³-hybridized carbons (Fsp3) is 0.478. The summed E-state index contributed by atoms with van der Waals surface area (Å²) in [5.41, 5.74) is 1.12. The van der Waals surface area contributed by atoms with E-state index < -0.39 is 15.0 Å². The first-order valence-corrected chi connectivity index (χ1v) is 11.9. The summed E-state index contributed by atoms with van der Waals surface area (Å²) in [6, 6.07) is 11.1. The Morgan fingerprint density at radius 3 is 2.17 bits per heavy atom. The number of hydrogen-bond donors (Lipinski definition) is 2. The van der Waals surface area contributed by atoms with Crippen molar-refractivity contribution in [3.63, 3.8) is 0 Å². The Hall–Kier alpha value is -2.05. The van der Waals surface area contributed by atoms with Crippen LogP contribution < -0.4 is 4.74 Å². The van der Waals surface area contributed by atoms with E-state index in [0.29, 0.717) is 5.75 Å². The third-order valence-electron chi connectivity index (χ3n) is 4.90. The molecule has 2 aromatic rings. The molecular formula is C23H32O5S. The molecule has 29 heavy (non-hydrogen) atoms. The highest BCUT2D eigenvalue weighted by Crippen LogP contribution is 2.32. The monoisotopic (exact) mass is 420 g/mol. The Morgan fingerprint density at radius 2 is 1.52 bits per heavy atom. The first-order chi connectivity index (χ1) is 13.9. The molecule has 0 aliphatic rings. The molecule has 2 N–H and O–H groups in total. The van der Waals surface area contributed by atoms with Crippen molar-refractivity contribution in [2.45, 2.75) is 76.0 Å². The zero-order chi connectivity index (χ0) is 21.1. The second kappa shape index (κ2) is 11.8. The smallest absolute Gasteiger partial charge is 0.298 e. The van der Waals surface area contributed by atoms with Crippen LogP contribution in [0.5, 0.6) is 17.2 Å². The minimum absolute atomic E-state index is 0.0227. The van der Waals surface area contributed by atoms with Crippen molar-refractivity contribution >= 4 is 10.1 Å². The minimum Gasteiger partial charge on any atom is -0.508 e. The molecule has 0 bridgehead atoms. The Labute approximate surface area is 174 Å². The van der Waals surface area contributed by atoms with Crippen molar-refractivity contribution in [3.8, 4) is 17.2 Å². The first kappa shape index (κ1) is 23.2. The van der Waals surface area contributed by atoms with E-state index in [1.807, 2.05) is 18.2 Å². The molecule has 0 amide bonds. The standard InChI is InChI=1S/C23H32O5S/c1-2-3-4-5-6-7-8-9-10-12-19-13-11-14-21(17-19)28-22-16-15-20(24)18-23(22)29(25,26)27/h11,13-18,24H,2-10,12H2,1H3,(H,25,26,27). The van der Waals surface area contributed by atoms with Crippen LogP contribution in [0, 0.1) is 0 Å². The molecule has 0 aliphatic carbocycles. The van der Waals surface area contributed by atoms with E-state index in [0.717, 1.165) is 24.5 Å². The van der Waals surface area contributed by atoms with Crippen molar-refractivity contribution in [2.24, 2.45) is 0 Å². The van der Waals surface area contributed by atoms with Crippen molar-refractivity contribution in [3.05, 3.63) is 48.0 Å². The normalized spacial score (nSPS) is 11.5. The van der Waals surface area contributed by atoms with Gasteiger partial charge in [0.15, 0.2) is 0 Å². The van der Waals surface area contributed by atoms with Crippen LogP contribution in [0.4, 0.5) is 0 Å². The SMILES string of the molecule is CCCCCCCCCCCc1cccc(Oc2ccc(O)cc2S(=O)(=O)O)c1. The number of phenolic OH excluding ortho intramolecular Hbond substituents is 1. The molecule has 0 radical (unpaired) electrons. The lowest BCUT2D eigenvalue weighted by Crippen LogP contribution is -2.01. The van der Waals surface area contributed by atoms with Gasteiger partial charge in [0.1, 0.15) is 22.1 Å². The zero-order valence-electron chi connectivity index (χ0n) is 17.1. The van der Waals surface area contributed by atoms with Crippen LogP contribution in [0.25, 0.3) is 0 Å². The van der Waals surface area contributed by atoms with Gasteiger partial charge in [0, 0.05) is 6.07 Å². The second-order valence-electron chi connectivity index (χ2n) is 7.43. The van der Waals surface area contributed by atoms with Gasteiger partial charge in [-0.05, 0) is 42.7 Å². The maximum Gasteiger partial charge on any atom is 0.298 e. The van der Waals surface area contributed by atoms with E-state index in [4.69, 9.17) is 4.74 Å².